The Bertz CT molecular complexity index is 1080. The van der Waals surface area contributed by atoms with Gasteiger partial charge in [0.1, 0.15) is 11.5 Å². The molecule has 0 saturated carbocycles. The molecule has 1 amide bonds. The number of carbonyl (C=O) groups is 1. The molecule has 6 heteroatoms. The molecule has 0 radical (unpaired) electrons. The highest BCUT2D eigenvalue weighted by atomic mass is 32.2. The van der Waals surface area contributed by atoms with E-state index >= 15 is 0 Å². The Hall–Kier alpha value is -3.09. The van der Waals surface area contributed by atoms with Gasteiger partial charge in [-0.25, -0.2) is 4.98 Å². The van der Waals surface area contributed by atoms with Crippen molar-refractivity contribution in [1.82, 2.24) is 4.98 Å². The molecule has 4 aromatic rings. The van der Waals surface area contributed by atoms with Crippen molar-refractivity contribution in [3.8, 4) is 22.8 Å². The van der Waals surface area contributed by atoms with Crippen LogP contribution in [0.4, 0.5) is 5.13 Å². The number of benzene rings is 3. The molecule has 0 saturated heterocycles. The summed E-state index contributed by atoms with van der Waals surface area (Å²) < 4.78 is 5.82. The summed E-state index contributed by atoms with van der Waals surface area (Å²) in [5, 5.41) is 5.44. The first-order valence-corrected chi connectivity index (χ1v) is 11.5. The minimum absolute atomic E-state index is 0.0385. The summed E-state index contributed by atoms with van der Waals surface area (Å²) in [7, 11) is 0. The van der Waals surface area contributed by atoms with Gasteiger partial charge in [0.15, 0.2) is 5.13 Å². The predicted molar refractivity (Wildman–Crippen MR) is 125 cm³/mol. The number of amides is 1. The van der Waals surface area contributed by atoms with Crippen LogP contribution < -0.4 is 10.1 Å². The first-order valence-electron chi connectivity index (χ1n) is 9.47. The molecule has 1 N–H and O–H groups in total. The molecular formula is C24H20N2O2S2. The minimum atomic E-state index is -0.0385. The first kappa shape index (κ1) is 20.2. The molecule has 0 aliphatic carbocycles. The van der Waals surface area contributed by atoms with Crippen LogP contribution in [0.3, 0.4) is 0 Å². The number of ether oxygens (including phenoxy) is 1. The van der Waals surface area contributed by atoms with Gasteiger partial charge in [0.2, 0.25) is 5.91 Å². The minimum Gasteiger partial charge on any atom is -0.457 e. The van der Waals surface area contributed by atoms with E-state index in [0.717, 1.165) is 28.5 Å². The zero-order chi connectivity index (χ0) is 20.6. The van der Waals surface area contributed by atoms with Gasteiger partial charge in [-0.2, -0.15) is 0 Å². The molecule has 1 aromatic heterocycles. The zero-order valence-electron chi connectivity index (χ0n) is 16.2. The molecule has 0 atom stereocenters. The van der Waals surface area contributed by atoms with E-state index in [0.29, 0.717) is 10.9 Å². The van der Waals surface area contributed by atoms with Crippen molar-refractivity contribution >= 4 is 34.1 Å². The topological polar surface area (TPSA) is 51.2 Å². The summed E-state index contributed by atoms with van der Waals surface area (Å²) in [6, 6.07) is 27.6. The number of thioether (sulfide) groups is 1. The molecule has 150 valence electrons. The highest BCUT2D eigenvalue weighted by molar-refractivity contribution is 7.99. The van der Waals surface area contributed by atoms with Crippen molar-refractivity contribution < 1.29 is 9.53 Å². The van der Waals surface area contributed by atoms with Crippen molar-refractivity contribution in [1.29, 1.82) is 0 Å². The number of nitrogens with zero attached hydrogens (tertiary/aromatic N) is 1. The van der Waals surface area contributed by atoms with Crippen LogP contribution in [-0.4, -0.2) is 16.6 Å². The molecule has 30 heavy (non-hydrogen) atoms. The fraction of sp³-hybridized carbons (Fsp3) is 0.0833. The Balaban J connectivity index is 1.29. The van der Waals surface area contributed by atoms with Crippen LogP contribution in [-0.2, 0) is 10.5 Å². The summed E-state index contributed by atoms with van der Waals surface area (Å²) in [5.41, 5.74) is 3.02. The Labute approximate surface area is 184 Å². The number of hydrogen-bond donors (Lipinski definition) is 1. The molecule has 4 rings (SSSR count). The first-order chi connectivity index (χ1) is 14.8. The number of carbonyl (C=O) groups excluding carboxylic acids is 1. The van der Waals surface area contributed by atoms with Crippen molar-refractivity contribution in [2.24, 2.45) is 0 Å². The standard InChI is InChI=1S/C24H20N2O2S2/c27-23(17-29-15-18-7-3-1-4-8-18)26-24-25-22(16-30-24)19-11-13-21(14-12-19)28-20-9-5-2-6-10-20/h1-14,16H,15,17H2,(H,25,26,27). The number of aromatic nitrogens is 1. The lowest BCUT2D eigenvalue weighted by molar-refractivity contribution is -0.113. The summed E-state index contributed by atoms with van der Waals surface area (Å²) in [5.74, 6) is 2.74. The quantitative estimate of drug-likeness (QED) is 0.346. The SMILES string of the molecule is O=C(CSCc1ccccc1)Nc1nc(-c2ccc(Oc3ccccc3)cc2)cs1. The van der Waals surface area contributed by atoms with Gasteiger partial charge in [0.25, 0.3) is 0 Å². The summed E-state index contributed by atoms with van der Waals surface area (Å²) in [6.45, 7) is 0. The van der Waals surface area contributed by atoms with Crippen LogP contribution in [0, 0.1) is 0 Å². The fourth-order valence-electron chi connectivity index (χ4n) is 2.77. The molecule has 0 aliphatic rings. The molecule has 3 aromatic carbocycles. The summed E-state index contributed by atoms with van der Waals surface area (Å²) in [4.78, 5) is 16.7. The summed E-state index contributed by atoms with van der Waals surface area (Å²) >= 11 is 3.02. The molecule has 1 heterocycles. The maximum Gasteiger partial charge on any atom is 0.236 e. The van der Waals surface area contributed by atoms with Crippen molar-refractivity contribution in [3.63, 3.8) is 0 Å². The number of hydrogen-bond acceptors (Lipinski definition) is 5. The van der Waals surface area contributed by atoms with E-state index in [-0.39, 0.29) is 5.91 Å². The van der Waals surface area contributed by atoms with E-state index < -0.39 is 0 Å². The van der Waals surface area contributed by atoms with E-state index in [2.05, 4.69) is 22.4 Å². The molecule has 0 fully saturated rings. The third-order valence-corrected chi connectivity index (χ3v) is 5.99. The second-order valence-corrected chi connectivity index (χ2v) is 8.35. The number of anilines is 1. The van der Waals surface area contributed by atoms with E-state index in [1.807, 2.05) is 78.2 Å². The van der Waals surface area contributed by atoms with Crippen molar-refractivity contribution in [2.75, 3.05) is 11.1 Å². The lowest BCUT2D eigenvalue weighted by Crippen LogP contribution is -2.13. The van der Waals surface area contributed by atoms with Crippen LogP contribution in [0.5, 0.6) is 11.5 Å². The van der Waals surface area contributed by atoms with Crippen molar-refractivity contribution in [3.05, 3.63) is 95.9 Å². The van der Waals surface area contributed by atoms with Gasteiger partial charge in [-0.05, 0) is 42.0 Å². The molecule has 0 unspecified atom stereocenters. The third kappa shape index (κ3) is 5.72. The van der Waals surface area contributed by atoms with Crippen LogP contribution >= 0.6 is 23.1 Å². The average molecular weight is 433 g/mol. The van der Waals surface area contributed by atoms with Crippen LogP contribution in [0.25, 0.3) is 11.3 Å². The second kappa shape index (κ2) is 10.1. The smallest absolute Gasteiger partial charge is 0.236 e. The van der Waals surface area contributed by atoms with Gasteiger partial charge in [-0.15, -0.1) is 23.1 Å². The zero-order valence-corrected chi connectivity index (χ0v) is 17.8. The normalized spacial score (nSPS) is 10.5. The lowest BCUT2D eigenvalue weighted by Gasteiger charge is -2.06. The second-order valence-electron chi connectivity index (χ2n) is 6.50. The van der Waals surface area contributed by atoms with Gasteiger partial charge in [-0.3, -0.25) is 4.79 Å². The molecule has 0 aliphatic heterocycles. The lowest BCUT2D eigenvalue weighted by atomic mass is 10.2. The Morgan fingerprint density at radius 1 is 0.900 bits per heavy atom. The highest BCUT2D eigenvalue weighted by Crippen LogP contribution is 2.28. The van der Waals surface area contributed by atoms with Gasteiger partial charge in [-0.1, -0.05) is 48.5 Å². The van der Waals surface area contributed by atoms with E-state index in [9.17, 15) is 4.79 Å². The number of para-hydroxylation sites is 1. The monoisotopic (exact) mass is 432 g/mol. The van der Waals surface area contributed by atoms with Gasteiger partial charge in [0.05, 0.1) is 11.4 Å². The highest BCUT2D eigenvalue weighted by Gasteiger charge is 2.09. The predicted octanol–water partition coefficient (Wildman–Crippen LogP) is 6.47. The maximum atomic E-state index is 12.2. The molecule has 0 spiro atoms. The Morgan fingerprint density at radius 3 is 2.30 bits per heavy atom. The van der Waals surface area contributed by atoms with Crippen molar-refractivity contribution in [2.45, 2.75) is 5.75 Å². The molecule has 0 bridgehead atoms. The number of rotatable bonds is 8. The van der Waals surface area contributed by atoms with Crippen LogP contribution in [0.15, 0.2) is 90.3 Å². The van der Waals surface area contributed by atoms with Gasteiger partial charge < -0.3 is 10.1 Å². The van der Waals surface area contributed by atoms with Gasteiger partial charge >= 0.3 is 0 Å². The third-order valence-electron chi connectivity index (χ3n) is 4.22. The van der Waals surface area contributed by atoms with Gasteiger partial charge in [0, 0.05) is 16.7 Å². The van der Waals surface area contributed by atoms with Crippen LogP contribution in [0.2, 0.25) is 0 Å². The maximum absolute atomic E-state index is 12.2. The van der Waals surface area contributed by atoms with E-state index in [1.165, 1.54) is 16.9 Å². The molecule has 4 nitrogen and oxygen atoms in total. The van der Waals surface area contributed by atoms with Crippen LogP contribution in [0.1, 0.15) is 5.56 Å². The van der Waals surface area contributed by atoms with E-state index in [1.54, 1.807) is 11.8 Å². The Kier molecular flexibility index (Phi) is 6.79. The molecular weight excluding hydrogens is 412 g/mol. The number of thiazole rings is 1. The largest absolute Gasteiger partial charge is 0.457 e. The average Bonchev–Trinajstić information content (AvgIpc) is 3.24. The fourth-order valence-corrected chi connectivity index (χ4v) is 4.30. The van der Waals surface area contributed by atoms with E-state index in [4.69, 9.17) is 4.74 Å². The summed E-state index contributed by atoms with van der Waals surface area (Å²) in [6.07, 6.45) is 0. The number of nitrogens with one attached hydrogen (secondary N) is 1. The Morgan fingerprint density at radius 2 is 1.57 bits per heavy atom.